The normalized spacial score (nSPS) is 23.9. The lowest BCUT2D eigenvalue weighted by molar-refractivity contribution is 0.265. The van der Waals surface area contributed by atoms with Crippen molar-refractivity contribution in [3.05, 3.63) is 22.4 Å². The first-order valence-electron chi connectivity index (χ1n) is 8.83. The van der Waals surface area contributed by atoms with Gasteiger partial charge in [0.2, 0.25) is 0 Å². The molecule has 1 aromatic rings. The van der Waals surface area contributed by atoms with Crippen molar-refractivity contribution in [2.75, 3.05) is 40.8 Å². The highest BCUT2D eigenvalue weighted by Gasteiger charge is 2.31. The first kappa shape index (κ1) is 19.2. The van der Waals surface area contributed by atoms with Gasteiger partial charge in [0.1, 0.15) is 0 Å². The molecule has 24 heavy (non-hydrogen) atoms. The van der Waals surface area contributed by atoms with Gasteiger partial charge >= 0.3 is 0 Å². The highest BCUT2D eigenvalue weighted by molar-refractivity contribution is 7.10. The Morgan fingerprint density at radius 1 is 1.42 bits per heavy atom. The van der Waals surface area contributed by atoms with E-state index in [1.807, 2.05) is 7.05 Å². The van der Waals surface area contributed by atoms with E-state index in [-0.39, 0.29) is 0 Å². The van der Waals surface area contributed by atoms with Crippen molar-refractivity contribution >= 4 is 17.3 Å². The molecule has 0 spiro atoms. The van der Waals surface area contributed by atoms with Gasteiger partial charge in [-0.15, -0.1) is 11.3 Å². The fourth-order valence-corrected chi connectivity index (χ4v) is 4.12. The van der Waals surface area contributed by atoms with Crippen LogP contribution >= 0.6 is 11.3 Å². The largest absolute Gasteiger partial charge is 0.354 e. The number of nitrogens with one attached hydrogen (secondary N) is 2. The van der Waals surface area contributed by atoms with Crippen LogP contribution in [0, 0.1) is 5.92 Å². The number of hydrogen-bond acceptors (Lipinski definition) is 4. The minimum atomic E-state index is 0.358. The highest BCUT2D eigenvalue weighted by atomic mass is 32.1. The van der Waals surface area contributed by atoms with E-state index in [9.17, 15) is 0 Å². The summed E-state index contributed by atoms with van der Waals surface area (Å²) in [6.07, 6.45) is 0. The molecule has 0 radical (unpaired) electrons. The molecule has 5 nitrogen and oxygen atoms in total. The van der Waals surface area contributed by atoms with Crippen LogP contribution in [0.4, 0.5) is 0 Å². The van der Waals surface area contributed by atoms with Crippen LogP contribution < -0.4 is 10.6 Å². The van der Waals surface area contributed by atoms with Crippen molar-refractivity contribution in [2.24, 2.45) is 10.9 Å². The Morgan fingerprint density at radius 3 is 2.67 bits per heavy atom. The molecule has 1 aliphatic rings. The Labute approximate surface area is 151 Å². The quantitative estimate of drug-likeness (QED) is 0.609. The molecule has 0 amide bonds. The summed E-state index contributed by atoms with van der Waals surface area (Å²) in [5.74, 6) is 1.54. The topological polar surface area (TPSA) is 42.9 Å². The van der Waals surface area contributed by atoms with Crippen molar-refractivity contribution in [2.45, 2.75) is 38.9 Å². The van der Waals surface area contributed by atoms with Crippen LogP contribution in [0.2, 0.25) is 0 Å². The monoisotopic (exact) mass is 351 g/mol. The van der Waals surface area contributed by atoms with Crippen LogP contribution in [0.1, 0.15) is 31.7 Å². The van der Waals surface area contributed by atoms with Crippen molar-refractivity contribution in [3.63, 3.8) is 0 Å². The SMILES string of the molecule is CN=C(NCC(c1cccs1)N(C)C)NC1CN(C(C)C)CC1C. The van der Waals surface area contributed by atoms with Gasteiger partial charge in [-0.05, 0) is 45.3 Å². The lowest BCUT2D eigenvalue weighted by atomic mass is 10.1. The van der Waals surface area contributed by atoms with E-state index in [2.05, 4.69) is 77.8 Å². The number of hydrogen-bond donors (Lipinski definition) is 2. The maximum Gasteiger partial charge on any atom is 0.191 e. The molecule has 1 saturated heterocycles. The summed E-state index contributed by atoms with van der Waals surface area (Å²) in [5.41, 5.74) is 0. The van der Waals surface area contributed by atoms with Crippen LogP contribution in [0.3, 0.4) is 0 Å². The molecule has 3 atom stereocenters. The van der Waals surface area contributed by atoms with Gasteiger partial charge in [-0.1, -0.05) is 13.0 Å². The van der Waals surface area contributed by atoms with Gasteiger partial charge in [0.15, 0.2) is 5.96 Å². The first-order valence-corrected chi connectivity index (χ1v) is 9.71. The van der Waals surface area contributed by atoms with Crippen LogP contribution in [0.5, 0.6) is 0 Å². The summed E-state index contributed by atoms with van der Waals surface area (Å²) in [4.78, 5) is 10.6. The van der Waals surface area contributed by atoms with E-state index in [4.69, 9.17) is 0 Å². The van der Waals surface area contributed by atoms with E-state index in [1.165, 1.54) is 4.88 Å². The maximum atomic E-state index is 4.43. The smallest absolute Gasteiger partial charge is 0.191 e. The summed E-state index contributed by atoms with van der Waals surface area (Å²) in [6, 6.07) is 5.73. The van der Waals surface area contributed by atoms with Crippen LogP contribution in [0.15, 0.2) is 22.5 Å². The Balaban J connectivity index is 1.90. The van der Waals surface area contributed by atoms with Gasteiger partial charge in [-0.25, -0.2) is 0 Å². The summed E-state index contributed by atoms with van der Waals surface area (Å²) in [5, 5.41) is 9.28. The Kier molecular flexibility index (Phi) is 7.07. The van der Waals surface area contributed by atoms with E-state index >= 15 is 0 Å². The zero-order valence-corrected chi connectivity index (χ0v) is 16.7. The van der Waals surface area contributed by atoms with Gasteiger partial charge < -0.3 is 15.5 Å². The van der Waals surface area contributed by atoms with Crippen molar-refractivity contribution < 1.29 is 0 Å². The van der Waals surface area contributed by atoms with Crippen LogP contribution in [-0.4, -0.2) is 68.6 Å². The molecule has 0 saturated carbocycles. The Bertz CT molecular complexity index is 511. The minimum absolute atomic E-state index is 0.358. The summed E-state index contributed by atoms with van der Waals surface area (Å²) < 4.78 is 0. The van der Waals surface area contributed by atoms with Gasteiger partial charge in [0, 0.05) is 43.6 Å². The number of aliphatic imine (C=N–C) groups is 1. The van der Waals surface area contributed by atoms with Gasteiger partial charge in [-0.3, -0.25) is 9.89 Å². The molecule has 136 valence electrons. The predicted molar refractivity (Wildman–Crippen MR) is 105 cm³/mol. The van der Waals surface area contributed by atoms with Crippen molar-refractivity contribution in [1.29, 1.82) is 0 Å². The number of guanidine groups is 1. The van der Waals surface area contributed by atoms with E-state index < -0.39 is 0 Å². The number of nitrogens with zero attached hydrogens (tertiary/aromatic N) is 3. The van der Waals surface area contributed by atoms with Crippen LogP contribution in [-0.2, 0) is 0 Å². The maximum absolute atomic E-state index is 4.43. The molecule has 0 aliphatic carbocycles. The van der Waals surface area contributed by atoms with Gasteiger partial charge in [0.25, 0.3) is 0 Å². The fraction of sp³-hybridized carbons (Fsp3) is 0.722. The molecule has 2 heterocycles. The number of thiophene rings is 1. The first-order chi connectivity index (χ1) is 11.4. The van der Waals surface area contributed by atoms with Gasteiger partial charge in [-0.2, -0.15) is 0 Å². The molecule has 2 N–H and O–H groups in total. The fourth-order valence-electron chi connectivity index (χ4n) is 3.20. The molecule has 3 unspecified atom stereocenters. The predicted octanol–water partition coefficient (Wildman–Crippen LogP) is 2.24. The summed E-state index contributed by atoms with van der Waals surface area (Å²) in [6.45, 7) is 9.95. The average molecular weight is 352 g/mol. The minimum Gasteiger partial charge on any atom is -0.354 e. The third kappa shape index (κ3) is 4.94. The molecule has 1 fully saturated rings. The lowest BCUT2D eigenvalue weighted by Crippen LogP contribution is -2.48. The third-order valence-electron chi connectivity index (χ3n) is 4.87. The lowest BCUT2D eigenvalue weighted by Gasteiger charge is -2.26. The van der Waals surface area contributed by atoms with E-state index in [1.54, 1.807) is 11.3 Å². The van der Waals surface area contributed by atoms with E-state index in [0.29, 0.717) is 24.0 Å². The number of rotatable bonds is 6. The molecule has 1 aromatic heterocycles. The highest BCUT2D eigenvalue weighted by Crippen LogP contribution is 2.22. The summed E-state index contributed by atoms with van der Waals surface area (Å²) >= 11 is 1.81. The molecule has 0 aromatic carbocycles. The molecule has 0 bridgehead atoms. The summed E-state index contributed by atoms with van der Waals surface area (Å²) in [7, 11) is 6.11. The zero-order chi connectivity index (χ0) is 17.7. The van der Waals surface area contributed by atoms with Crippen molar-refractivity contribution in [3.8, 4) is 0 Å². The molecular weight excluding hydrogens is 318 g/mol. The van der Waals surface area contributed by atoms with Gasteiger partial charge in [0.05, 0.1) is 6.04 Å². The van der Waals surface area contributed by atoms with E-state index in [0.717, 1.165) is 25.6 Å². The Hall–Kier alpha value is -1.11. The number of likely N-dealkylation sites (N-methyl/N-ethyl adjacent to an activating group) is 1. The second kappa shape index (κ2) is 8.83. The molecule has 6 heteroatoms. The standard InChI is InChI=1S/C18H33N5S/c1-13(2)23-11-14(3)15(12-23)21-18(19-4)20-10-16(22(5)6)17-8-7-9-24-17/h7-9,13-16H,10-12H2,1-6H3,(H2,19,20,21). The second-order valence-electron chi connectivity index (χ2n) is 7.22. The number of likely N-dealkylation sites (tertiary alicyclic amines) is 1. The zero-order valence-electron chi connectivity index (χ0n) is 15.9. The van der Waals surface area contributed by atoms with Crippen LogP contribution in [0.25, 0.3) is 0 Å². The third-order valence-corrected chi connectivity index (χ3v) is 5.85. The van der Waals surface area contributed by atoms with Crippen molar-refractivity contribution in [1.82, 2.24) is 20.4 Å². The molecular formula is C18H33N5S. The second-order valence-corrected chi connectivity index (χ2v) is 8.20. The Morgan fingerprint density at radius 2 is 2.17 bits per heavy atom. The molecule has 2 rings (SSSR count). The average Bonchev–Trinajstić information content (AvgIpc) is 3.16. The molecule has 1 aliphatic heterocycles.